The number of rotatable bonds is 4. The van der Waals surface area contributed by atoms with Crippen molar-refractivity contribution in [2.24, 2.45) is 5.92 Å². The van der Waals surface area contributed by atoms with Crippen molar-refractivity contribution < 1.29 is 0 Å². The number of halogens is 1. The standard InChI is InChI=1S/C17H21ClN2/c1-5-15-19-16(12(4)17(18)20-15)14-8-6-7-13(10-14)9-11(2)3/h6-8,10-11H,5,9H2,1-4H3. The van der Waals surface area contributed by atoms with Gasteiger partial charge in [-0.15, -0.1) is 0 Å². The number of aryl methyl sites for hydroxylation is 1. The summed E-state index contributed by atoms with van der Waals surface area (Å²) in [6, 6.07) is 8.57. The molecule has 0 bridgehead atoms. The molecule has 0 spiro atoms. The average molecular weight is 289 g/mol. The fourth-order valence-electron chi connectivity index (χ4n) is 2.29. The van der Waals surface area contributed by atoms with Crippen molar-refractivity contribution in [3.05, 3.63) is 46.4 Å². The predicted molar refractivity (Wildman–Crippen MR) is 85.1 cm³/mol. The maximum Gasteiger partial charge on any atom is 0.136 e. The van der Waals surface area contributed by atoms with Gasteiger partial charge in [-0.2, -0.15) is 0 Å². The van der Waals surface area contributed by atoms with Crippen LogP contribution >= 0.6 is 11.6 Å². The second-order valence-corrected chi connectivity index (χ2v) is 5.91. The van der Waals surface area contributed by atoms with Gasteiger partial charge in [-0.3, -0.25) is 0 Å². The molecule has 0 N–H and O–H groups in total. The van der Waals surface area contributed by atoms with E-state index >= 15 is 0 Å². The Hall–Kier alpha value is -1.41. The number of aromatic nitrogens is 2. The minimum absolute atomic E-state index is 0.557. The fraction of sp³-hybridized carbons (Fsp3) is 0.412. The fourth-order valence-corrected chi connectivity index (χ4v) is 2.48. The number of benzene rings is 1. The Morgan fingerprint density at radius 1 is 1.20 bits per heavy atom. The molecule has 2 nitrogen and oxygen atoms in total. The summed E-state index contributed by atoms with van der Waals surface area (Å²) in [6.07, 6.45) is 1.87. The molecule has 2 aromatic rings. The van der Waals surface area contributed by atoms with Crippen LogP contribution in [0, 0.1) is 12.8 Å². The van der Waals surface area contributed by atoms with Gasteiger partial charge in [0.05, 0.1) is 5.69 Å². The van der Waals surface area contributed by atoms with E-state index in [2.05, 4.69) is 48.1 Å². The van der Waals surface area contributed by atoms with Gasteiger partial charge in [-0.1, -0.05) is 50.6 Å². The molecule has 0 saturated heterocycles. The molecule has 20 heavy (non-hydrogen) atoms. The average Bonchev–Trinajstić information content (AvgIpc) is 2.41. The maximum atomic E-state index is 6.22. The monoisotopic (exact) mass is 288 g/mol. The van der Waals surface area contributed by atoms with Crippen molar-refractivity contribution in [2.75, 3.05) is 0 Å². The van der Waals surface area contributed by atoms with Gasteiger partial charge in [0.2, 0.25) is 0 Å². The van der Waals surface area contributed by atoms with Gasteiger partial charge >= 0.3 is 0 Å². The molecule has 1 aromatic carbocycles. The molecule has 0 atom stereocenters. The highest BCUT2D eigenvalue weighted by molar-refractivity contribution is 6.30. The van der Waals surface area contributed by atoms with Crippen molar-refractivity contribution in [1.29, 1.82) is 0 Å². The molecule has 0 fully saturated rings. The maximum absolute atomic E-state index is 6.22. The lowest BCUT2D eigenvalue weighted by Crippen LogP contribution is -2.00. The van der Waals surface area contributed by atoms with E-state index in [1.165, 1.54) is 5.56 Å². The van der Waals surface area contributed by atoms with Gasteiger partial charge in [0.25, 0.3) is 0 Å². The van der Waals surface area contributed by atoms with Gasteiger partial charge < -0.3 is 0 Å². The Labute approximate surface area is 126 Å². The van der Waals surface area contributed by atoms with Gasteiger partial charge in [-0.05, 0) is 30.9 Å². The SMILES string of the molecule is CCc1nc(Cl)c(C)c(-c2cccc(CC(C)C)c2)n1. The smallest absolute Gasteiger partial charge is 0.136 e. The molecule has 3 heteroatoms. The molecule has 106 valence electrons. The molecule has 0 amide bonds. The Morgan fingerprint density at radius 2 is 1.95 bits per heavy atom. The van der Waals surface area contributed by atoms with E-state index in [-0.39, 0.29) is 0 Å². The van der Waals surface area contributed by atoms with Crippen molar-refractivity contribution in [2.45, 2.75) is 40.5 Å². The van der Waals surface area contributed by atoms with Crippen LogP contribution in [0.4, 0.5) is 0 Å². The predicted octanol–water partition coefficient (Wildman–Crippen LogP) is 4.87. The Morgan fingerprint density at radius 3 is 2.60 bits per heavy atom. The Balaban J connectivity index is 2.48. The second kappa shape index (κ2) is 6.36. The van der Waals surface area contributed by atoms with Gasteiger partial charge in [0.1, 0.15) is 11.0 Å². The molecule has 1 aromatic heterocycles. The highest BCUT2D eigenvalue weighted by atomic mass is 35.5. The van der Waals surface area contributed by atoms with Gasteiger partial charge in [0.15, 0.2) is 0 Å². The van der Waals surface area contributed by atoms with Crippen LogP contribution in [0.15, 0.2) is 24.3 Å². The number of hydrogen-bond donors (Lipinski definition) is 0. The first-order valence-electron chi connectivity index (χ1n) is 7.13. The van der Waals surface area contributed by atoms with Crippen LogP contribution in [0.25, 0.3) is 11.3 Å². The highest BCUT2D eigenvalue weighted by Crippen LogP contribution is 2.27. The third kappa shape index (κ3) is 3.37. The van der Waals surface area contributed by atoms with E-state index in [4.69, 9.17) is 11.6 Å². The van der Waals surface area contributed by atoms with E-state index in [0.29, 0.717) is 11.1 Å². The third-order valence-corrected chi connectivity index (χ3v) is 3.66. The minimum Gasteiger partial charge on any atom is -0.233 e. The molecule has 0 unspecified atom stereocenters. The summed E-state index contributed by atoms with van der Waals surface area (Å²) in [6.45, 7) is 8.48. The lowest BCUT2D eigenvalue weighted by Gasteiger charge is -2.11. The van der Waals surface area contributed by atoms with Crippen molar-refractivity contribution in [3.8, 4) is 11.3 Å². The van der Waals surface area contributed by atoms with Crippen molar-refractivity contribution >= 4 is 11.6 Å². The molecule has 2 rings (SSSR count). The Kier molecular flexibility index (Phi) is 4.77. The van der Waals surface area contributed by atoms with E-state index in [9.17, 15) is 0 Å². The lowest BCUT2D eigenvalue weighted by atomic mass is 9.99. The van der Waals surface area contributed by atoms with E-state index < -0.39 is 0 Å². The highest BCUT2D eigenvalue weighted by Gasteiger charge is 2.11. The minimum atomic E-state index is 0.557. The third-order valence-electron chi connectivity index (χ3n) is 3.29. The molecule has 1 heterocycles. The molecular formula is C17H21ClN2. The zero-order valence-electron chi connectivity index (χ0n) is 12.6. The second-order valence-electron chi connectivity index (χ2n) is 5.56. The van der Waals surface area contributed by atoms with Crippen LogP contribution in [-0.2, 0) is 12.8 Å². The first kappa shape index (κ1) is 15.0. The molecule has 0 aliphatic carbocycles. The summed E-state index contributed by atoms with van der Waals surface area (Å²) in [5.74, 6) is 1.44. The summed E-state index contributed by atoms with van der Waals surface area (Å²) in [5, 5.41) is 0.557. The van der Waals surface area contributed by atoms with Crippen LogP contribution in [-0.4, -0.2) is 9.97 Å². The summed E-state index contributed by atoms with van der Waals surface area (Å²) < 4.78 is 0. The first-order valence-corrected chi connectivity index (χ1v) is 7.51. The van der Waals surface area contributed by atoms with Crippen LogP contribution in [0.3, 0.4) is 0 Å². The largest absolute Gasteiger partial charge is 0.233 e. The molecule has 0 aliphatic rings. The zero-order chi connectivity index (χ0) is 14.7. The topological polar surface area (TPSA) is 25.8 Å². The number of nitrogens with zero attached hydrogens (tertiary/aromatic N) is 2. The summed E-state index contributed by atoms with van der Waals surface area (Å²) in [7, 11) is 0. The van der Waals surface area contributed by atoms with Crippen LogP contribution in [0.1, 0.15) is 37.7 Å². The normalized spacial score (nSPS) is 11.1. The summed E-state index contributed by atoms with van der Waals surface area (Å²) in [4.78, 5) is 8.95. The zero-order valence-corrected chi connectivity index (χ0v) is 13.3. The lowest BCUT2D eigenvalue weighted by molar-refractivity contribution is 0.647. The van der Waals surface area contributed by atoms with Gasteiger partial charge in [0, 0.05) is 17.5 Å². The van der Waals surface area contributed by atoms with E-state index in [0.717, 1.165) is 35.5 Å². The summed E-state index contributed by atoms with van der Waals surface area (Å²) in [5.41, 5.74) is 4.36. The van der Waals surface area contributed by atoms with Crippen LogP contribution < -0.4 is 0 Å². The van der Waals surface area contributed by atoms with Crippen LogP contribution in [0.2, 0.25) is 5.15 Å². The first-order chi connectivity index (χ1) is 9.51. The summed E-state index contributed by atoms with van der Waals surface area (Å²) >= 11 is 6.22. The Bertz CT molecular complexity index is 606. The van der Waals surface area contributed by atoms with Crippen molar-refractivity contribution in [3.63, 3.8) is 0 Å². The van der Waals surface area contributed by atoms with E-state index in [1.807, 2.05) is 13.8 Å². The molecule has 0 aliphatic heterocycles. The quantitative estimate of drug-likeness (QED) is 0.750. The molecule has 0 saturated carbocycles. The van der Waals surface area contributed by atoms with Gasteiger partial charge in [-0.25, -0.2) is 9.97 Å². The van der Waals surface area contributed by atoms with E-state index in [1.54, 1.807) is 0 Å². The number of hydrogen-bond acceptors (Lipinski definition) is 2. The van der Waals surface area contributed by atoms with Crippen molar-refractivity contribution in [1.82, 2.24) is 9.97 Å². The molecular weight excluding hydrogens is 268 g/mol. The van der Waals surface area contributed by atoms with Crippen LogP contribution in [0.5, 0.6) is 0 Å². The molecule has 0 radical (unpaired) electrons.